The number of ether oxygens (including phenoxy) is 1. The van der Waals surface area contributed by atoms with Gasteiger partial charge in [-0.2, -0.15) is 0 Å². The maximum atomic E-state index is 13.0. The highest BCUT2D eigenvalue weighted by atomic mass is 32.1. The Labute approximate surface area is 243 Å². The number of aromatic nitrogens is 2. The van der Waals surface area contributed by atoms with E-state index in [1.165, 1.54) is 5.56 Å². The fourth-order valence-corrected chi connectivity index (χ4v) is 6.37. The van der Waals surface area contributed by atoms with Crippen molar-refractivity contribution in [2.75, 3.05) is 0 Å². The second-order valence-corrected chi connectivity index (χ2v) is 12.7. The Morgan fingerprint density at radius 3 is 2.34 bits per heavy atom. The van der Waals surface area contributed by atoms with E-state index in [4.69, 9.17) is 9.72 Å². The Hall–Kier alpha value is -4.23. The summed E-state index contributed by atoms with van der Waals surface area (Å²) in [6.45, 7) is 7.67. The van der Waals surface area contributed by atoms with Crippen LogP contribution in [0.1, 0.15) is 51.2 Å². The number of pyridine rings is 2. The third-order valence-electron chi connectivity index (χ3n) is 7.61. The molecule has 2 aromatic carbocycles. The molecule has 0 atom stereocenters. The molecule has 2 N–H and O–H groups in total. The molecule has 0 spiro atoms. The van der Waals surface area contributed by atoms with E-state index in [9.17, 15) is 9.59 Å². The molecule has 3 heterocycles. The number of carbonyl (C=O) groups excluding carboxylic acids is 1. The lowest BCUT2D eigenvalue weighted by atomic mass is 9.71. The van der Waals surface area contributed by atoms with Crippen LogP contribution in [-0.4, -0.2) is 21.7 Å². The number of amides is 1. The molecule has 0 saturated heterocycles. The van der Waals surface area contributed by atoms with Crippen LogP contribution in [0.4, 0.5) is 4.79 Å². The summed E-state index contributed by atoms with van der Waals surface area (Å²) in [7, 11) is 0. The lowest BCUT2D eigenvalue weighted by Gasteiger charge is -2.43. The van der Waals surface area contributed by atoms with Crippen molar-refractivity contribution in [2.45, 2.75) is 58.1 Å². The Kier molecular flexibility index (Phi) is 6.78. The number of benzene rings is 2. The minimum Gasteiger partial charge on any atom is -0.444 e. The van der Waals surface area contributed by atoms with Crippen LogP contribution in [0, 0.1) is 6.92 Å². The minimum absolute atomic E-state index is 0.163. The molecule has 6 nitrogen and oxygen atoms in total. The highest BCUT2D eigenvalue weighted by molar-refractivity contribution is 7.13. The summed E-state index contributed by atoms with van der Waals surface area (Å²) in [5, 5.41) is 5.80. The van der Waals surface area contributed by atoms with Gasteiger partial charge in [0.2, 0.25) is 0 Å². The predicted octanol–water partition coefficient (Wildman–Crippen LogP) is 8.20. The number of thiophene rings is 1. The number of H-pyrrole nitrogens is 1. The molecule has 6 rings (SSSR count). The third kappa shape index (κ3) is 5.30. The van der Waals surface area contributed by atoms with Gasteiger partial charge in [0.15, 0.2) is 0 Å². The minimum atomic E-state index is -0.559. The van der Waals surface area contributed by atoms with E-state index in [-0.39, 0.29) is 5.56 Å². The van der Waals surface area contributed by atoms with Gasteiger partial charge in [-0.25, -0.2) is 9.78 Å². The zero-order valence-corrected chi connectivity index (χ0v) is 24.5. The van der Waals surface area contributed by atoms with Crippen LogP contribution in [0.15, 0.2) is 83.1 Å². The number of nitrogens with one attached hydrogen (secondary N) is 2. The molecule has 1 amide bonds. The lowest BCUT2D eigenvalue weighted by molar-refractivity contribution is 0.0377. The molecule has 0 radical (unpaired) electrons. The number of aryl methyl sites for hydroxylation is 1. The van der Waals surface area contributed by atoms with Crippen LogP contribution in [0.3, 0.4) is 0 Å². The van der Waals surface area contributed by atoms with Crippen LogP contribution in [-0.2, 0) is 10.3 Å². The molecule has 0 aliphatic heterocycles. The van der Waals surface area contributed by atoms with Gasteiger partial charge < -0.3 is 15.0 Å². The second kappa shape index (κ2) is 10.3. The van der Waals surface area contributed by atoms with E-state index in [1.807, 2.05) is 57.2 Å². The largest absolute Gasteiger partial charge is 0.444 e. The van der Waals surface area contributed by atoms with Gasteiger partial charge in [0, 0.05) is 27.8 Å². The monoisotopic (exact) mass is 563 g/mol. The predicted molar refractivity (Wildman–Crippen MR) is 166 cm³/mol. The van der Waals surface area contributed by atoms with Crippen molar-refractivity contribution in [3.8, 4) is 32.8 Å². The first kappa shape index (κ1) is 27.0. The molecule has 1 aliphatic rings. The smallest absolute Gasteiger partial charge is 0.408 e. The van der Waals surface area contributed by atoms with E-state index >= 15 is 0 Å². The van der Waals surface area contributed by atoms with Gasteiger partial charge in [0.05, 0.1) is 22.1 Å². The third-order valence-corrected chi connectivity index (χ3v) is 8.69. The number of aromatic amines is 1. The summed E-state index contributed by atoms with van der Waals surface area (Å²) in [5.41, 5.74) is 6.27. The van der Waals surface area contributed by atoms with Gasteiger partial charge >= 0.3 is 6.09 Å². The van der Waals surface area contributed by atoms with Crippen LogP contribution in [0.25, 0.3) is 43.7 Å². The van der Waals surface area contributed by atoms with Gasteiger partial charge in [0.1, 0.15) is 5.60 Å². The fourth-order valence-electron chi connectivity index (χ4n) is 5.46. The van der Waals surface area contributed by atoms with Crippen molar-refractivity contribution in [1.82, 2.24) is 15.3 Å². The molecule has 1 aliphatic carbocycles. The molecule has 5 aromatic rings. The highest BCUT2D eigenvalue weighted by Gasteiger charge is 2.41. The van der Waals surface area contributed by atoms with Gasteiger partial charge in [-0.15, -0.1) is 11.3 Å². The van der Waals surface area contributed by atoms with E-state index in [1.54, 1.807) is 17.5 Å². The van der Waals surface area contributed by atoms with E-state index in [0.717, 1.165) is 57.7 Å². The molecular formula is C34H33N3O3S. The summed E-state index contributed by atoms with van der Waals surface area (Å²) < 4.78 is 5.56. The maximum absolute atomic E-state index is 13.0. The Morgan fingerprint density at radius 1 is 1.00 bits per heavy atom. The molecule has 0 bridgehead atoms. The number of alkyl carbamates (subject to hydrolysis) is 1. The summed E-state index contributed by atoms with van der Waals surface area (Å²) in [5.74, 6) is 0. The van der Waals surface area contributed by atoms with Crippen LogP contribution in [0.2, 0.25) is 0 Å². The summed E-state index contributed by atoms with van der Waals surface area (Å²) >= 11 is 1.64. The van der Waals surface area contributed by atoms with E-state index in [2.05, 4.69) is 52.9 Å². The molecule has 1 saturated carbocycles. The maximum Gasteiger partial charge on any atom is 0.408 e. The fraction of sp³-hybridized carbons (Fsp3) is 0.265. The summed E-state index contributed by atoms with van der Waals surface area (Å²) in [6.07, 6.45) is 4.14. The van der Waals surface area contributed by atoms with Crippen LogP contribution >= 0.6 is 11.3 Å². The lowest BCUT2D eigenvalue weighted by Crippen LogP contribution is -2.52. The molecule has 1 fully saturated rings. The average Bonchev–Trinajstić information content (AvgIpc) is 3.36. The van der Waals surface area contributed by atoms with Gasteiger partial charge in [-0.1, -0.05) is 54.6 Å². The zero-order valence-electron chi connectivity index (χ0n) is 23.7. The van der Waals surface area contributed by atoms with Gasteiger partial charge in [-0.05, 0) is 81.2 Å². The molecule has 7 heteroatoms. The molecule has 3 aromatic heterocycles. The number of hydrogen-bond acceptors (Lipinski definition) is 5. The quantitative estimate of drug-likeness (QED) is 0.226. The number of rotatable bonds is 5. The van der Waals surface area contributed by atoms with Gasteiger partial charge in [-0.3, -0.25) is 4.79 Å². The topological polar surface area (TPSA) is 84.1 Å². The van der Waals surface area contributed by atoms with Crippen molar-refractivity contribution < 1.29 is 9.53 Å². The molecule has 41 heavy (non-hydrogen) atoms. The number of fused-ring (bicyclic) bond motifs is 1. The van der Waals surface area contributed by atoms with Crippen LogP contribution < -0.4 is 10.9 Å². The number of hydrogen-bond donors (Lipinski definition) is 2. The van der Waals surface area contributed by atoms with Crippen LogP contribution in [0.5, 0.6) is 0 Å². The normalized spacial score (nSPS) is 14.4. The Balaban J connectivity index is 1.46. The number of nitrogens with zero attached hydrogens (tertiary/aromatic N) is 1. The molecule has 208 valence electrons. The SMILES string of the molecule is Cc1csc(-c2c[nH]c(=O)c3cc(-c4ccccc4)c(-c4ccc(C5(NC(=O)OC(C)(C)C)CCC5)cc4)nc23)c1. The number of carbonyl (C=O) groups is 1. The van der Waals surface area contributed by atoms with E-state index < -0.39 is 17.2 Å². The zero-order chi connectivity index (χ0) is 28.8. The molecule has 0 unspecified atom stereocenters. The first-order chi connectivity index (χ1) is 19.6. The second-order valence-electron chi connectivity index (χ2n) is 11.8. The Morgan fingerprint density at radius 2 is 1.73 bits per heavy atom. The van der Waals surface area contributed by atoms with Crippen molar-refractivity contribution >= 4 is 28.3 Å². The first-order valence-electron chi connectivity index (χ1n) is 13.9. The average molecular weight is 564 g/mol. The standard InChI is InChI=1S/C34H33N3O3S/c1-21-17-28(41-20-21)27-19-35-31(38)26-18-25(22-9-6-5-7-10-22)29(36-30(26)27)23-11-13-24(14-12-23)34(15-8-16-34)37-32(39)40-33(2,3)4/h5-7,9-14,17-20H,8,15-16H2,1-4H3,(H,35,38)(H,37,39). The molecular weight excluding hydrogens is 530 g/mol. The van der Waals surface area contributed by atoms with Crippen molar-refractivity contribution in [1.29, 1.82) is 0 Å². The first-order valence-corrected chi connectivity index (χ1v) is 14.8. The highest BCUT2D eigenvalue weighted by Crippen LogP contribution is 2.43. The van der Waals surface area contributed by atoms with E-state index in [0.29, 0.717) is 10.9 Å². The summed E-state index contributed by atoms with van der Waals surface area (Å²) in [4.78, 5) is 34.9. The van der Waals surface area contributed by atoms with Crippen molar-refractivity contribution in [3.63, 3.8) is 0 Å². The van der Waals surface area contributed by atoms with Gasteiger partial charge in [0.25, 0.3) is 5.56 Å². The van der Waals surface area contributed by atoms with Crippen molar-refractivity contribution in [3.05, 3.63) is 99.8 Å². The van der Waals surface area contributed by atoms with Crippen molar-refractivity contribution in [2.24, 2.45) is 0 Å². The summed E-state index contributed by atoms with van der Waals surface area (Å²) in [6, 6.07) is 22.4. The Bertz CT molecular complexity index is 1790.